The van der Waals surface area contributed by atoms with Crippen LogP contribution in [0.5, 0.6) is 5.88 Å². The highest BCUT2D eigenvalue weighted by molar-refractivity contribution is 6.33. The van der Waals surface area contributed by atoms with Gasteiger partial charge in [0.1, 0.15) is 17.8 Å². The van der Waals surface area contributed by atoms with Gasteiger partial charge in [-0.1, -0.05) is 40.7 Å². The average molecular weight is 445 g/mol. The number of hydrogen-bond donors (Lipinski definition) is 1. The van der Waals surface area contributed by atoms with E-state index in [1.807, 2.05) is 42.5 Å². The Morgan fingerprint density at radius 3 is 2.00 bits per heavy atom. The zero-order valence-electron chi connectivity index (χ0n) is 16.4. The first kappa shape index (κ1) is 23.1. The molecule has 0 saturated heterocycles. The molecule has 12 nitrogen and oxygen atoms in total. The van der Waals surface area contributed by atoms with Gasteiger partial charge in [0.05, 0.1) is 23.5 Å². The van der Waals surface area contributed by atoms with Crippen LogP contribution in [0.2, 0.25) is 5.15 Å². The van der Waals surface area contributed by atoms with Crippen LogP contribution in [0.15, 0.2) is 66.5 Å². The Bertz CT molecular complexity index is 1180. The number of nitrogens with one attached hydrogen (secondary N) is 1. The number of halogens is 1. The second kappa shape index (κ2) is 11.7. The van der Waals surface area contributed by atoms with E-state index in [-0.39, 0.29) is 5.88 Å². The van der Waals surface area contributed by atoms with E-state index >= 15 is 0 Å². The number of para-hydroxylation sites is 2. The topological polar surface area (TPSA) is 154 Å². The van der Waals surface area contributed by atoms with Gasteiger partial charge in [0.2, 0.25) is 5.28 Å². The van der Waals surface area contributed by atoms with Gasteiger partial charge in [-0.15, -0.1) is 5.43 Å². The van der Waals surface area contributed by atoms with Gasteiger partial charge in [-0.2, -0.15) is 4.98 Å². The molecule has 0 aliphatic heterocycles. The SMILES string of the molecule is CN[N+](=O)[O-].C[N+]([O-])=NOc1ncnc2ccccc12.Clc1ncnc2ccccc12. The van der Waals surface area contributed by atoms with Gasteiger partial charge in [-0.05, 0) is 24.3 Å². The highest BCUT2D eigenvalue weighted by Crippen LogP contribution is 2.20. The van der Waals surface area contributed by atoms with E-state index < -0.39 is 5.03 Å². The number of hydrazine groups is 1. The average Bonchev–Trinajstić information content (AvgIpc) is 2.79. The second-order valence-electron chi connectivity index (χ2n) is 5.50. The summed E-state index contributed by atoms with van der Waals surface area (Å²) >= 11 is 5.81. The molecule has 0 saturated carbocycles. The summed E-state index contributed by atoms with van der Waals surface area (Å²) in [7, 11) is 2.48. The maximum absolute atomic E-state index is 10.5. The van der Waals surface area contributed by atoms with Gasteiger partial charge in [0, 0.05) is 5.39 Å². The highest BCUT2D eigenvalue weighted by Gasteiger charge is 2.04. The van der Waals surface area contributed by atoms with E-state index in [0.717, 1.165) is 16.4 Å². The summed E-state index contributed by atoms with van der Waals surface area (Å²) in [5.74, 6) is 0.267. The van der Waals surface area contributed by atoms with Crippen LogP contribution in [-0.2, 0) is 0 Å². The second-order valence-corrected chi connectivity index (χ2v) is 5.85. The van der Waals surface area contributed by atoms with Crippen LogP contribution >= 0.6 is 11.6 Å². The van der Waals surface area contributed by atoms with Gasteiger partial charge in [-0.3, -0.25) is 4.84 Å². The summed E-state index contributed by atoms with van der Waals surface area (Å²) < 4.78 is 0. The lowest BCUT2D eigenvalue weighted by Gasteiger charge is -1.99. The first-order valence-corrected chi connectivity index (χ1v) is 8.95. The Hall–Kier alpha value is -4.19. The van der Waals surface area contributed by atoms with E-state index in [4.69, 9.17) is 26.6 Å². The Kier molecular flexibility index (Phi) is 8.73. The highest BCUT2D eigenvalue weighted by atomic mass is 35.5. The lowest BCUT2D eigenvalue weighted by molar-refractivity contribution is -0.538. The monoisotopic (exact) mass is 444 g/mol. The molecule has 4 rings (SSSR count). The minimum atomic E-state index is -0.625. The van der Waals surface area contributed by atoms with Crippen molar-refractivity contribution in [2.75, 3.05) is 14.1 Å². The number of benzene rings is 2. The predicted molar refractivity (Wildman–Crippen MR) is 113 cm³/mol. The smallest absolute Gasteiger partial charge is 0.265 e. The molecule has 2 heterocycles. The van der Waals surface area contributed by atoms with E-state index in [1.165, 1.54) is 26.7 Å². The van der Waals surface area contributed by atoms with E-state index in [2.05, 4.69) is 25.2 Å². The molecule has 0 unspecified atom stereocenters. The van der Waals surface area contributed by atoms with Crippen molar-refractivity contribution in [3.8, 4) is 5.88 Å². The molecule has 1 N–H and O–H groups in total. The standard InChI is InChI=1S/C9H8N4O2.C8H5ClN2.CH4N2O2/c1-13(14)12-15-9-7-4-2-3-5-8(7)10-6-11-9;9-8-6-3-1-2-4-7(6)10-5-11-8;1-2-3(4)5/h2-6H,1H3;1-5H;2H,1H3. The maximum atomic E-state index is 10.5. The molecule has 160 valence electrons. The molecule has 0 amide bonds. The van der Waals surface area contributed by atoms with Crippen molar-refractivity contribution in [2.45, 2.75) is 0 Å². The van der Waals surface area contributed by atoms with Crippen molar-refractivity contribution in [3.63, 3.8) is 0 Å². The molecule has 0 radical (unpaired) electrons. The first-order chi connectivity index (χ1) is 14.9. The van der Waals surface area contributed by atoms with Gasteiger partial charge in [0.25, 0.3) is 5.88 Å². The van der Waals surface area contributed by atoms with Crippen LogP contribution in [0.25, 0.3) is 21.8 Å². The Labute approximate surface area is 180 Å². The molecule has 0 spiro atoms. The van der Waals surface area contributed by atoms with Crippen molar-refractivity contribution in [1.29, 1.82) is 0 Å². The molecular weight excluding hydrogens is 428 g/mol. The molecule has 0 atom stereocenters. The number of fused-ring (bicyclic) bond motifs is 2. The fourth-order valence-corrected chi connectivity index (χ4v) is 2.32. The number of hydrogen-bond acceptors (Lipinski definition) is 9. The maximum Gasteiger partial charge on any atom is 0.265 e. The number of rotatable bonds is 3. The van der Waals surface area contributed by atoms with Crippen molar-refractivity contribution in [3.05, 3.63) is 81.7 Å². The van der Waals surface area contributed by atoms with E-state index in [9.17, 15) is 5.21 Å². The van der Waals surface area contributed by atoms with Gasteiger partial charge in [0.15, 0.2) is 12.1 Å². The Morgan fingerprint density at radius 1 is 0.935 bits per heavy atom. The third kappa shape index (κ3) is 7.29. The number of nitrogens with zero attached hydrogens (tertiary/aromatic N) is 7. The molecule has 2 aromatic carbocycles. The van der Waals surface area contributed by atoms with Crippen LogP contribution in [0.1, 0.15) is 0 Å². The van der Waals surface area contributed by atoms with Crippen LogP contribution in [0.4, 0.5) is 0 Å². The minimum absolute atomic E-state index is 0.267. The summed E-state index contributed by atoms with van der Waals surface area (Å²) in [5, 5.41) is 24.3. The number of nitro groups is 1. The molecular formula is C18H17ClN8O4. The molecule has 0 aliphatic rings. The number of aromatic nitrogens is 4. The van der Waals surface area contributed by atoms with E-state index in [1.54, 1.807) is 11.5 Å². The van der Waals surface area contributed by atoms with Crippen molar-refractivity contribution in [2.24, 2.45) is 5.28 Å². The quantitative estimate of drug-likeness (QED) is 0.165. The van der Waals surface area contributed by atoms with Crippen molar-refractivity contribution < 1.29 is 14.7 Å². The molecule has 0 fully saturated rings. The normalized spacial score (nSPS) is 10.4. The molecule has 13 heteroatoms. The van der Waals surface area contributed by atoms with Gasteiger partial charge < -0.3 is 5.21 Å². The molecule has 2 aromatic heterocycles. The predicted octanol–water partition coefficient (Wildman–Crippen LogP) is 3.20. The summed E-state index contributed by atoms with van der Waals surface area (Å²) in [6, 6.07) is 15.0. The zero-order valence-corrected chi connectivity index (χ0v) is 17.2. The molecule has 0 bridgehead atoms. The Balaban J connectivity index is 0.000000187. The molecule has 4 aromatic rings. The van der Waals surface area contributed by atoms with Crippen molar-refractivity contribution >= 4 is 33.4 Å². The van der Waals surface area contributed by atoms with Crippen LogP contribution < -0.4 is 10.3 Å². The summed E-state index contributed by atoms with van der Waals surface area (Å²) in [4.78, 5) is 30.1. The summed E-state index contributed by atoms with van der Waals surface area (Å²) in [6.45, 7) is 0. The lowest BCUT2D eigenvalue weighted by Crippen LogP contribution is -2.13. The fraction of sp³-hybridized carbons (Fsp3) is 0.111. The van der Waals surface area contributed by atoms with Crippen LogP contribution in [-0.4, -0.2) is 43.9 Å². The minimum Gasteiger partial charge on any atom is -0.598 e. The van der Waals surface area contributed by atoms with Gasteiger partial charge >= 0.3 is 0 Å². The molecule has 31 heavy (non-hydrogen) atoms. The third-order valence-corrected chi connectivity index (χ3v) is 3.73. The third-order valence-electron chi connectivity index (χ3n) is 3.43. The molecule has 0 aliphatic carbocycles. The van der Waals surface area contributed by atoms with Gasteiger partial charge in [-0.25, -0.2) is 25.1 Å². The zero-order chi connectivity index (χ0) is 22.6. The summed E-state index contributed by atoms with van der Waals surface area (Å²) in [6.07, 6.45) is 2.82. The fourth-order valence-electron chi connectivity index (χ4n) is 2.12. The lowest BCUT2D eigenvalue weighted by atomic mass is 10.2. The van der Waals surface area contributed by atoms with E-state index in [0.29, 0.717) is 15.4 Å². The largest absolute Gasteiger partial charge is 0.598 e. The van der Waals surface area contributed by atoms with Crippen molar-refractivity contribution in [1.82, 2.24) is 25.4 Å². The number of hydroxylamine groups is 1. The van der Waals surface area contributed by atoms with Crippen LogP contribution in [0, 0.1) is 15.3 Å². The first-order valence-electron chi connectivity index (χ1n) is 8.58. The Morgan fingerprint density at radius 2 is 1.45 bits per heavy atom. The summed E-state index contributed by atoms with van der Waals surface area (Å²) in [5.41, 5.74) is 3.37. The van der Waals surface area contributed by atoms with Crippen LogP contribution in [0.3, 0.4) is 0 Å².